The Bertz CT molecular complexity index is 668. The highest BCUT2D eigenvalue weighted by Crippen LogP contribution is 2.26. The number of amides is 1. The van der Waals surface area contributed by atoms with Crippen molar-refractivity contribution in [1.29, 1.82) is 0 Å². The lowest BCUT2D eigenvalue weighted by atomic mass is 10.0. The van der Waals surface area contributed by atoms with Crippen LogP contribution in [0.1, 0.15) is 30.9 Å². The van der Waals surface area contributed by atoms with E-state index in [0.29, 0.717) is 5.92 Å². The van der Waals surface area contributed by atoms with Crippen molar-refractivity contribution in [2.45, 2.75) is 26.7 Å². The molecule has 0 saturated heterocycles. The molecule has 3 nitrogen and oxygen atoms in total. The lowest BCUT2D eigenvalue weighted by molar-refractivity contribution is -0.118. The van der Waals surface area contributed by atoms with Gasteiger partial charge in [-0.1, -0.05) is 48.0 Å². The standard InChI is InChI=1S/C18H20BrNO2/c1-12(2)15-6-4-5-7-17(15)22-11-18(21)20-16-9-8-14(19)10-13(16)3/h4-10,12H,11H2,1-3H3,(H,20,21). The highest BCUT2D eigenvalue weighted by molar-refractivity contribution is 9.10. The summed E-state index contributed by atoms with van der Waals surface area (Å²) in [6.45, 7) is 6.16. The topological polar surface area (TPSA) is 38.3 Å². The zero-order valence-electron chi connectivity index (χ0n) is 13.0. The molecule has 2 rings (SSSR count). The average molecular weight is 362 g/mol. The summed E-state index contributed by atoms with van der Waals surface area (Å²) in [6.07, 6.45) is 0. The molecule has 0 unspecified atom stereocenters. The van der Waals surface area contributed by atoms with E-state index in [9.17, 15) is 4.79 Å². The summed E-state index contributed by atoms with van der Waals surface area (Å²) >= 11 is 3.41. The minimum absolute atomic E-state index is 0.000757. The molecule has 0 heterocycles. The largest absolute Gasteiger partial charge is 0.483 e. The molecule has 0 aliphatic rings. The van der Waals surface area contributed by atoms with E-state index in [-0.39, 0.29) is 12.5 Å². The third kappa shape index (κ3) is 4.34. The van der Waals surface area contributed by atoms with Crippen LogP contribution in [0.5, 0.6) is 5.75 Å². The van der Waals surface area contributed by atoms with Crippen LogP contribution in [-0.4, -0.2) is 12.5 Å². The summed E-state index contributed by atoms with van der Waals surface area (Å²) in [5, 5.41) is 2.87. The van der Waals surface area contributed by atoms with Crippen LogP contribution in [-0.2, 0) is 4.79 Å². The number of rotatable bonds is 5. The maximum atomic E-state index is 12.1. The first kappa shape index (κ1) is 16.6. The average Bonchev–Trinajstić information content (AvgIpc) is 2.48. The van der Waals surface area contributed by atoms with Gasteiger partial charge in [0.2, 0.25) is 0 Å². The number of ether oxygens (including phenoxy) is 1. The van der Waals surface area contributed by atoms with E-state index in [2.05, 4.69) is 35.1 Å². The molecule has 0 radical (unpaired) electrons. The normalized spacial score (nSPS) is 10.6. The van der Waals surface area contributed by atoms with Crippen LogP contribution in [0.15, 0.2) is 46.9 Å². The van der Waals surface area contributed by atoms with Crippen molar-refractivity contribution in [2.75, 3.05) is 11.9 Å². The first-order chi connectivity index (χ1) is 10.5. The molecule has 0 saturated carbocycles. The molecule has 0 aromatic heterocycles. The van der Waals surface area contributed by atoms with Crippen LogP contribution in [0.3, 0.4) is 0 Å². The minimum Gasteiger partial charge on any atom is -0.483 e. The van der Waals surface area contributed by atoms with Crippen LogP contribution < -0.4 is 10.1 Å². The number of para-hydroxylation sites is 1. The molecule has 2 aromatic rings. The van der Waals surface area contributed by atoms with Gasteiger partial charge in [0.15, 0.2) is 6.61 Å². The number of hydrogen-bond acceptors (Lipinski definition) is 2. The molecule has 0 fully saturated rings. The molecule has 0 aliphatic carbocycles. The third-order valence-corrected chi connectivity index (χ3v) is 3.86. The quantitative estimate of drug-likeness (QED) is 0.822. The maximum Gasteiger partial charge on any atom is 0.262 e. The van der Waals surface area contributed by atoms with Crippen LogP contribution in [0.25, 0.3) is 0 Å². The summed E-state index contributed by atoms with van der Waals surface area (Å²) < 4.78 is 6.67. The zero-order valence-corrected chi connectivity index (χ0v) is 14.6. The Kier molecular flexibility index (Phi) is 5.61. The fraction of sp³-hybridized carbons (Fsp3) is 0.278. The summed E-state index contributed by atoms with van der Waals surface area (Å²) in [5.41, 5.74) is 2.91. The molecule has 0 aliphatic heterocycles. The Hall–Kier alpha value is -1.81. The van der Waals surface area contributed by atoms with Gasteiger partial charge in [-0.25, -0.2) is 0 Å². The number of carbonyl (C=O) groups excluding carboxylic acids is 1. The van der Waals surface area contributed by atoms with Crippen molar-refractivity contribution >= 4 is 27.5 Å². The summed E-state index contributed by atoms with van der Waals surface area (Å²) in [4.78, 5) is 12.1. The number of benzene rings is 2. The van der Waals surface area contributed by atoms with Crippen molar-refractivity contribution < 1.29 is 9.53 Å². The highest BCUT2D eigenvalue weighted by Gasteiger charge is 2.10. The number of carbonyl (C=O) groups is 1. The second-order valence-electron chi connectivity index (χ2n) is 5.49. The summed E-state index contributed by atoms with van der Waals surface area (Å²) in [5.74, 6) is 0.956. The van der Waals surface area contributed by atoms with E-state index >= 15 is 0 Å². The fourth-order valence-corrected chi connectivity index (χ4v) is 2.66. The number of halogens is 1. The van der Waals surface area contributed by atoms with Crippen LogP contribution in [0, 0.1) is 6.92 Å². The van der Waals surface area contributed by atoms with E-state index in [0.717, 1.165) is 27.0 Å². The Labute approximate surface area is 139 Å². The lowest BCUT2D eigenvalue weighted by Gasteiger charge is -2.14. The molecule has 1 N–H and O–H groups in total. The first-order valence-corrected chi connectivity index (χ1v) is 8.04. The Morgan fingerprint density at radius 3 is 2.64 bits per heavy atom. The molecular formula is C18H20BrNO2. The van der Waals surface area contributed by atoms with Gasteiger partial charge in [-0.2, -0.15) is 0 Å². The number of hydrogen-bond donors (Lipinski definition) is 1. The molecule has 0 bridgehead atoms. The van der Waals surface area contributed by atoms with Gasteiger partial charge >= 0.3 is 0 Å². The second kappa shape index (κ2) is 7.45. The van der Waals surface area contributed by atoms with Crippen molar-refractivity contribution in [3.63, 3.8) is 0 Å². The zero-order chi connectivity index (χ0) is 16.1. The maximum absolute atomic E-state index is 12.1. The van der Waals surface area contributed by atoms with E-state index in [1.54, 1.807) is 0 Å². The van der Waals surface area contributed by atoms with Crippen LogP contribution in [0.2, 0.25) is 0 Å². The molecule has 116 valence electrons. The monoisotopic (exact) mass is 361 g/mol. The van der Waals surface area contributed by atoms with Gasteiger partial charge in [0.25, 0.3) is 5.91 Å². The van der Waals surface area contributed by atoms with Gasteiger partial charge in [-0.3, -0.25) is 4.79 Å². The van der Waals surface area contributed by atoms with Crippen LogP contribution >= 0.6 is 15.9 Å². The predicted molar refractivity (Wildman–Crippen MR) is 93.5 cm³/mol. The predicted octanol–water partition coefficient (Wildman–Crippen LogP) is 4.90. The van der Waals surface area contributed by atoms with Gasteiger partial charge < -0.3 is 10.1 Å². The van der Waals surface area contributed by atoms with Gasteiger partial charge in [-0.15, -0.1) is 0 Å². The molecular weight excluding hydrogens is 342 g/mol. The first-order valence-electron chi connectivity index (χ1n) is 7.25. The SMILES string of the molecule is Cc1cc(Br)ccc1NC(=O)COc1ccccc1C(C)C. The van der Waals surface area contributed by atoms with E-state index in [4.69, 9.17) is 4.74 Å². The van der Waals surface area contributed by atoms with E-state index in [1.165, 1.54) is 0 Å². The molecule has 1 amide bonds. The van der Waals surface area contributed by atoms with Gasteiger partial charge in [-0.05, 0) is 48.2 Å². The van der Waals surface area contributed by atoms with Gasteiger partial charge in [0.1, 0.15) is 5.75 Å². The minimum atomic E-state index is -0.163. The molecule has 22 heavy (non-hydrogen) atoms. The molecule has 2 aromatic carbocycles. The van der Waals surface area contributed by atoms with Crippen molar-refractivity contribution in [2.24, 2.45) is 0 Å². The summed E-state index contributed by atoms with van der Waals surface area (Å²) in [6, 6.07) is 13.6. The smallest absolute Gasteiger partial charge is 0.262 e. The third-order valence-electron chi connectivity index (χ3n) is 3.36. The van der Waals surface area contributed by atoms with E-state index < -0.39 is 0 Å². The second-order valence-corrected chi connectivity index (χ2v) is 6.40. The summed E-state index contributed by atoms with van der Waals surface area (Å²) in [7, 11) is 0. The van der Waals surface area contributed by atoms with Crippen molar-refractivity contribution in [3.8, 4) is 5.75 Å². The molecule has 0 atom stereocenters. The fourth-order valence-electron chi connectivity index (χ4n) is 2.19. The number of nitrogens with one attached hydrogen (secondary N) is 1. The van der Waals surface area contributed by atoms with Crippen molar-refractivity contribution in [1.82, 2.24) is 0 Å². The van der Waals surface area contributed by atoms with Crippen molar-refractivity contribution in [3.05, 3.63) is 58.1 Å². The number of aryl methyl sites for hydroxylation is 1. The van der Waals surface area contributed by atoms with Gasteiger partial charge in [0.05, 0.1) is 0 Å². The Balaban J connectivity index is 1.99. The molecule has 4 heteroatoms. The Morgan fingerprint density at radius 2 is 1.95 bits per heavy atom. The van der Waals surface area contributed by atoms with E-state index in [1.807, 2.05) is 49.4 Å². The highest BCUT2D eigenvalue weighted by atomic mass is 79.9. The van der Waals surface area contributed by atoms with Crippen LogP contribution in [0.4, 0.5) is 5.69 Å². The molecule has 0 spiro atoms. The Morgan fingerprint density at radius 1 is 1.23 bits per heavy atom. The lowest BCUT2D eigenvalue weighted by Crippen LogP contribution is -2.21. The number of anilines is 1. The van der Waals surface area contributed by atoms with Gasteiger partial charge in [0, 0.05) is 10.2 Å².